The molecule has 0 saturated heterocycles. The van der Waals surface area contributed by atoms with Crippen molar-refractivity contribution < 1.29 is 18.5 Å². The first-order valence-electron chi connectivity index (χ1n) is 7.63. The summed E-state index contributed by atoms with van der Waals surface area (Å²) in [5.41, 5.74) is 3.43. The van der Waals surface area contributed by atoms with Gasteiger partial charge in [-0.15, -0.1) is 0 Å². The molecule has 0 radical (unpaired) electrons. The lowest BCUT2D eigenvalue weighted by Gasteiger charge is -2.11. The number of ether oxygens (including phenoxy) is 1. The zero-order chi connectivity index (χ0) is 17.1. The molecule has 0 atom stereocenters. The van der Waals surface area contributed by atoms with Gasteiger partial charge in [-0.05, 0) is 38.0 Å². The number of allylic oxidation sites excluding steroid dienone is 1. The minimum Gasteiger partial charge on any atom is -0.493 e. The molecule has 0 saturated carbocycles. The van der Waals surface area contributed by atoms with Crippen LogP contribution in [0.5, 0.6) is 5.75 Å². The Morgan fingerprint density at radius 1 is 1.42 bits per heavy atom. The number of anilines is 1. The summed E-state index contributed by atoms with van der Waals surface area (Å²) < 4.78 is 15.9. The van der Waals surface area contributed by atoms with E-state index in [1.165, 1.54) is 12.3 Å². The number of rotatable bonds is 5. The van der Waals surface area contributed by atoms with Crippen LogP contribution >= 0.6 is 0 Å². The van der Waals surface area contributed by atoms with Crippen LogP contribution in [0.3, 0.4) is 0 Å². The van der Waals surface area contributed by atoms with E-state index < -0.39 is 0 Å². The van der Waals surface area contributed by atoms with Gasteiger partial charge < -0.3 is 19.0 Å². The SMILES string of the molecule is CCOc1cc2occ(C)c2cc1/C(C)=C/C(=O)Nc1ccon1. The van der Waals surface area contributed by atoms with E-state index in [4.69, 9.17) is 13.7 Å². The summed E-state index contributed by atoms with van der Waals surface area (Å²) in [5, 5.41) is 7.29. The van der Waals surface area contributed by atoms with Crippen molar-refractivity contribution in [2.24, 2.45) is 0 Å². The first-order valence-corrected chi connectivity index (χ1v) is 7.63. The van der Waals surface area contributed by atoms with Crippen molar-refractivity contribution >= 4 is 28.3 Å². The Labute approximate surface area is 139 Å². The normalized spacial score (nSPS) is 11.7. The maximum Gasteiger partial charge on any atom is 0.249 e. The van der Waals surface area contributed by atoms with Crippen LogP contribution in [0.25, 0.3) is 16.5 Å². The van der Waals surface area contributed by atoms with Crippen molar-refractivity contribution in [3.63, 3.8) is 0 Å². The summed E-state index contributed by atoms with van der Waals surface area (Å²) in [4.78, 5) is 12.1. The molecule has 0 unspecified atom stereocenters. The highest BCUT2D eigenvalue weighted by molar-refractivity contribution is 6.04. The van der Waals surface area contributed by atoms with Crippen molar-refractivity contribution in [3.8, 4) is 5.75 Å². The number of hydrogen-bond acceptors (Lipinski definition) is 5. The highest BCUT2D eigenvalue weighted by Crippen LogP contribution is 2.33. The Bertz CT molecular complexity index is 891. The zero-order valence-electron chi connectivity index (χ0n) is 13.8. The molecule has 6 heteroatoms. The van der Waals surface area contributed by atoms with Crippen molar-refractivity contribution in [1.82, 2.24) is 5.16 Å². The fraction of sp³-hybridized carbons (Fsp3) is 0.222. The predicted octanol–water partition coefficient (Wildman–Crippen LogP) is 4.17. The molecule has 0 aliphatic rings. The zero-order valence-corrected chi connectivity index (χ0v) is 13.8. The van der Waals surface area contributed by atoms with Gasteiger partial charge in [-0.25, -0.2) is 0 Å². The molecular formula is C18H18N2O4. The molecule has 1 N–H and O–H groups in total. The number of nitrogens with one attached hydrogen (secondary N) is 1. The third-order valence-electron chi connectivity index (χ3n) is 3.63. The summed E-state index contributed by atoms with van der Waals surface area (Å²) in [7, 11) is 0. The molecular weight excluding hydrogens is 308 g/mol. The number of furan rings is 1. The Hall–Kier alpha value is -3.02. The van der Waals surface area contributed by atoms with Crippen molar-refractivity contribution in [2.75, 3.05) is 11.9 Å². The van der Waals surface area contributed by atoms with Gasteiger partial charge in [0.2, 0.25) is 5.91 Å². The number of carbonyl (C=O) groups excluding carboxylic acids is 1. The number of aromatic nitrogens is 1. The van der Waals surface area contributed by atoms with Gasteiger partial charge in [-0.2, -0.15) is 0 Å². The fourth-order valence-corrected chi connectivity index (χ4v) is 2.48. The van der Waals surface area contributed by atoms with Gasteiger partial charge in [0.1, 0.15) is 17.6 Å². The van der Waals surface area contributed by atoms with E-state index in [1.807, 2.05) is 32.9 Å². The van der Waals surface area contributed by atoms with Crippen molar-refractivity contribution in [3.05, 3.63) is 47.9 Å². The van der Waals surface area contributed by atoms with Crippen LogP contribution in [-0.4, -0.2) is 17.7 Å². The number of hydrogen-bond donors (Lipinski definition) is 1. The largest absolute Gasteiger partial charge is 0.493 e. The number of fused-ring (bicyclic) bond motifs is 1. The highest BCUT2D eigenvalue weighted by atomic mass is 16.5. The fourth-order valence-electron chi connectivity index (χ4n) is 2.48. The number of amides is 1. The first-order chi connectivity index (χ1) is 11.6. The van der Waals surface area contributed by atoms with Crippen LogP contribution in [0, 0.1) is 6.92 Å². The predicted molar refractivity (Wildman–Crippen MR) is 90.9 cm³/mol. The van der Waals surface area contributed by atoms with Gasteiger partial charge in [-0.1, -0.05) is 5.16 Å². The molecule has 0 aliphatic carbocycles. The van der Waals surface area contributed by atoms with Gasteiger partial charge in [0, 0.05) is 29.2 Å². The van der Waals surface area contributed by atoms with E-state index in [1.54, 1.807) is 12.3 Å². The molecule has 6 nitrogen and oxygen atoms in total. The average molecular weight is 326 g/mol. The van der Waals surface area contributed by atoms with Gasteiger partial charge in [-0.3, -0.25) is 4.79 Å². The van der Waals surface area contributed by atoms with Crippen LogP contribution in [0.4, 0.5) is 5.82 Å². The lowest BCUT2D eigenvalue weighted by molar-refractivity contribution is -0.111. The number of nitrogens with zero attached hydrogens (tertiary/aromatic N) is 1. The maximum absolute atomic E-state index is 12.1. The third kappa shape index (κ3) is 3.17. The number of carbonyl (C=O) groups is 1. The summed E-state index contributed by atoms with van der Waals surface area (Å²) in [5.74, 6) is 0.769. The van der Waals surface area contributed by atoms with E-state index in [-0.39, 0.29) is 5.91 Å². The summed E-state index contributed by atoms with van der Waals surface area (Å²) in [6, 6.07) is 5.41. The van der Waals surface area contributed by atoms with Gasteiger partial charge in [0.05, 0.1) is 12.9 Å². The lowest BCUT2D eigenvalue weighted by Crippen LogP contribution is -2.09. The van der Waals surface area contributed by atoms with E-state index in [2.05, 4.69) is 10.5 Å². The van der Waals surface area contributed by atoms with Crippen molar-refractivity contribution in [2.45, 2.75) is 20.8 Å². The van der Waals surface area contributed by atoms with Gasteiger partial charge >= 0.3 is 0 Å². The molecule has 3 aromatic rings. The monoisotopic (exact) mass is 326 g/mol. The van der Waals surface area contributed by atoms with Crippen LogP contribution in [-0.2, 0) is 4.79 Å². The second kappa shape index (κ2) is 6.62. The second-order valence-corrected chi connectivity index (χ2v) is 5.40. The smallest absolute Gasteiger partial charge is 0.249 e. The minimum atomic E-state index is -0.284. The van der Waals surface area contributed by atoms with E-state index in [0.717, 1.165) is 27.7 Å². The van der Waals surface area contributed by atoms with Crippen molar-refractivity contribution in [1.29, 1.82) is 0 Å². The molecule has 3 rings (SSSR count). The Kier molecular flexibility index (Phi) is 4.37. The maximum atomic E-state index is 12.1. The Morgan fingerprint density at radius 3 is 2.96 bits per heavy atom. The lowest BCUT2D eigenvalue weighted by atomic mass is 10.0. The standard InChI is InChI=1S/C18H18N2O4/c1-4-22-15-9-16-14(12(3)10-23-16)8-13(15)11(2)7-18(21)19-17-5-6-24-20-17/h5-10H,4H2,1-3H3,(H,19,20,21)/b11-7+. The van der Waals surface area contributed by atoms with E-state index >= 15 is 0 Å². The first kappa shape index (κ1) is 15.9. The summed E-state index contributed by atoms with van der Waals surface area (Å²) in [6.45, 7) is 6.28. The highest BCUT2D eigenvalue weighted by Gasteiger charge is 2.13. The topological polar surface area (TPSA) is 77.5 Å². The van der Waals surface area contributed by atoms with Crippen LogP contribution in [0.15, 0.2) is 45.7 Å². The number of benzene rings is 1. The molecule has 24 heavy (non-hydrogen) atoms. The van der Waals surface area contributed by atoms with Gasteiger partial charge in [0.15, 0.2) is 5.82 Å². The van der Waals surface area contributed by atoms with Crippen LogP contribution in [0.2, 0.25) is 0 Å². The molecule has 1 amide bonds. The molecule has 0 fully saturated rings. The Morgan fingerprint density at radius 2 is 2.25 bits per heavy atom. The average Bonchev–Trinajstić information content (AvgIpc) is 3.17. The number of aryl methyl sites for hydroxylation is 1. The molecule has 0 spiro atoms. The van der Waals surface area contributed by atoms with E-state index in [9.17, 15) is 4.79 Å². The molecule has 2 aromatic heterocycles. The van der Waals surface area contributed by atoms with E-state index in [0.29, 0.717) is 18.2 Å². The quantitative estimate of drug-likeness (QED) is 0.712. The molecule has 0 bridgehead atoms. The second-order valence-electron chi connectivity index (χ2n) is 5.40. The molecule has 2 heterocycles. The molecule has 0 aliphatic heterocycles. The third-order valence-corrected chi connectivity index (χ3v) is 3.63. The Balaban J connectivity index is 1.96. The van der Waals surface area contributed by atoms with Gasteiger partial charge in [0.25, 0.3) is 0 Å². The molecule has 1 aromatic carbocycles. The van der Waals surface area contributed by atoms with Crippen LogP contribution in [0.1, 0.15) is 25.0 Å². The minimum absolute atomic E-state index is 0.284. The molecule has 124 valence electrons. The summed E-state index contributed by atoms with van der Waals surface area (Å²) in [6.07, 6.45) is 4.61. The van der Waals surface area contributed by atoms with Crippen LogP contribution < -0.4 is 10.1 Å². The summed E-state index contributed by atoms with van der Waals surface area (Å²) >= 11 is 0.